The third kappa shape index (κ3) is 3.61. The van der Waals surface area contributed by atoms with Crippen LogP contribution in [0.1, 0.15) is 65.7 Å². The number of carbonyl (C=O) groups is 1. The number of methoxy groups -OCH3 is 1. The molecule has 31 heavy (non-hydrogen) atoms. The molecular formula is C22H31BFN3O4. The van der Waals surface area contributed by atoms with Crippen molar-refractivity contribution in [1.29, 1.82) is 0 Å². The van der Waals surface area contributed by atoms with Crippen LogP contribution in [0.15, 0.2) is 12.1 Å². The minimum absolute atomic E-state index is 0.0218. The first-order chi connectivity index (χ1) is 14.4. The number of nitrogens with zero attached hydrogens (tertiary/aromatic N) is 3. The van der Waals surface area contributed by atoms with E-state index in [1.54, 1.807) is 4.90 Å². The topological polar surface area (TPSA) is 65.8 Å². The molecule has 0 aliphatic carbocycles. The lowest BCUT2D eigenvalue weighted by molar-refractivity contribution is 0.00578. The molecule has 168 valence electrons. The van der Waals surface area contributed by atoms with Crippen molar-refractivity contribution < 1.29 is 23.2 Å². The molecule has 0 saturated carbocycles. The lowest BCUT2D eigenvalue weighted by Gasteiger charge is -2.32. The van der Waals surface area contributed by atoms with E-state index >= 15 is 4.39 Å². The normalized spacial score (nSPS) is 22.7. The van der Waals surface area contributed by atoms with Gasteiger partial charge >= 0.3 is 13.2 Å². The number of likely N-dealkylation sites (tertiary alicyclic amines) is 1. The zero-order valence-electron chi connectivity index (χ0n) is 19.4. The molecule has 0 radical (unpaired) electrons. The molecule has 2 aromatic rings. The Morgan fingerprint density at radius 1 is 1.26 bits per heavy atom. The summed E-state index contributed by atoms with van der Waals surface area (Å²) < 4.78 is 34.4. The highest BCUT2D eigenvalue weighted by molar-refractivity contribution is 6.62. The van der Waals surface area contributed by atoms with Crippen LogP contribution in [0.5, 0.6) is 0 Å². The number of hydrogen-bond acceptors (Lipinski definition) is 5. The van der Waals surface area contributed by atoms with Crippen LogP contribution in [0.25, 0.3) is 11.0 Å². The Balaban J connectivity index is 1.75. The maximum Gasteiger partial charge on any atom is 0.495 e. The Morgan fingerprint density at radius 3 is 2.48 bits per heavy atom. The van der Waals surface area contributed by atoms with Gasteiger partial charge in [-0.3, -0.25) is 0 Å². The first-order valence-electron chi connectivity index (χ1n) is 10.8. The number of amides is 1. The van der Waals surface area contributed by atoms with Gasteiger partial charge in [-0.05, 0) is 65.6 Å². The minimum atomic E-state index is -0.649. The Morgan fingerprint density at radius 2 is 1.90 bits per heavy atom. The first kappa shape index (κ1) is 22.1. The van der Waals surface area contributed by atoms with Gasteiger partial charge in [0, 0.05) is 25.0 Å². The average Bonchev–Trinajstić information content (AvgIpc) is 3.35. The molecule has 1 atom stereocenters. The van der Waals surface area contributed by atoms with E-state index in [1.807, 2.05) is 33.8 Å². The van der Waals surface area contributed by atoms with Gasteiger partial charge in [-0.2, -0.15) is 0 Å². The molecule has 2 aliphatic rings. The Labute approximate surface area is 183 Å². The zero-order valence-corrected chi connectivity index (χ0v) is 19.4. The fraction of sp³-hybridized carbons (Fsp3) is 0.636. The molecule has 0 unspecified atom stereocenters. The number of benzene rings is 1. The van der Waals surface area contributed by atoms with Crippen LogP contribution >= 0.6 is 0 Å². The van der Waals surface area contributed by atoms with Gasteiger partial charge in [0.25, 0.3) is 0 Å². The van der Waals surface area contributed by atoms with E-state index in [1.165, 1.54) is 13.2 Å². The van der Waals surface area contributed by atoms with Gasteiger partial charge < -0.3 is 23.5 Å². The highest BCUT2D eigenvalue weighted by atomic mass is 19.1. The summed E-state index contributed by atoms with van der Waals surface area (Å²) in [6.45, 7) is 13.1. The fourth-order valence-corrected chi connectivity index (χ4v) is 4.40. The summed E-state index contributed by atoms with van der Waals surface area (Å²) in [5.41, 5.74) is 0.674. The highest BCUT2D eigenvalue weighted by Gasteiger charge is 2.52. The SMILES string of the molecule is COC(=O)N1CC[C@@H](c2nc3c(F)cc(B4OC(C)(C)C(C)(C)O4)cc3n2C(C)C)C1. The van der Waals surface area contributed by atoms with E-state index in [0.717, 1.165) is 12.2 Å². The molecule has 1 aromatic carbocycles. The second-order valence-electron chi connectivity index (χ2n) is 9.79. The van der Waals surface area contributed by atoms with E-state index in [9.17, 15) is 4.79 Å². The van der Waals surface area contributed by atoms with Crippen LogP contribution in [-0.2, 0) is 14.0 Å². The Hall–Kier alpha value is -2.13. The quantitative estimate of drug-likeness (QED) is 0.695. The number of ether oxygens (including phenoxy) is 1. The molecule has 1 amide bonds. The van der Waals surface area contributed by atoms with Crippen LogP contribution in [0.4, 0.5) is 9.18 Å². The van der Waals surface area contributed by atoms with Gasteiger partial charge in [-0.25, -0.2) is 14.2 Å². The molecule has 2 aliphatic heterocycles. The molecule has 2 saturated heterocycles. The second kappa shape index (κ2) is 7.48. The van der Waals surface area contributed by atoms with Crippen LogP contribution in [-0.4, -0.2) is 59.1 Å². The van der Waals surface area contributed by atoms with E-state index in [4.69, 9.17) is 14.0 Å². The number of imidazole rings is 1. The van der Waals surface area contributed by atoms with Crippen LogP contribution in [0.2, 0.25) is 0 Å². The zero-order chi connectivity index (χ0) is 22.7. The average molecular weight is 431 g/mol. The minimum Gasteiger partial charge on any atom is -0.453 e. The van der Waals surface area contributed by atoms with Gasteiger partial charge in [0.1, 0.15) is 11.3 Å². The fourth-order valence-electron chi connectivity index (χ4n) is 4.40. The van der Waals surface area contributed by atoms with Gasteiger partial charge in [0.05, 0.1) is 23.8 Å². The van der Waals surface area contributed by atoms with Crippen molar-refractivity contribution in [2.24, 2.45) is 0 Å². The summed E-state index contributed by atoms with van der Waals surface area (Å²) in [6.07, 6.45) is 0.417. The van der Waals surface area contributed by atoms with Crippen molar-refractivity contribution in [3.63, 3.8) is 0 Å². The van der Waals surface area contributed by atoms with Crippen molar-refractivity contribution in [2.45, 2.75) is 71.1 Å². The molecular weight excluding hydrogens is 400 g/mol. The summed E-state index contributed by atoms with van der Waals surface area (Å²) >= 11 is 0. The van der Waals surface area contributed by atoms with Crippen LogP contribution < -0.4 is 5.46 Å². The molecule has 0 spiro atoms. The van der Waals surface area contributed by atoms with E-state index in [-0.39, 0.29) is 18.1 Å². The predicted octanol–water partition coefficient (Wildman–Crippen LogP) is 3.61. The smallest absolute Gasteiger partial charge is 0.453 e. The maximum absolute atomic E-state index is 15.2. The third-order valence-electron chi connectivity index (χ3n) is 6.83. The molecule has 7 nitrogen and oxygen atoms in total. The van der Waals surface area contributed by atoms with Gasteiger partial charge in [0.15, 0.2) is 5.82 Å². The summed E-state index contributed by atoms with van der Waals surface area (Å²) in [5.74, 6) is 0.417. The van der Waals surface area contributed by atoms with Crippen molar-refractivity contribution in [2.75, 3.05) is 20.2 Å². The molecule has 0 bridgehead atoms. The summed E-state index contributed by atoms with van der Waals surface area (Å²) in [4.78, 5) is 18.3. The monoisotopic (exact) mass is 431 g/mol. The number of rotatable bonds is 3. The number of carbonyl (C=O) groups excluding carboxylic acids is 1. The van der Waals surface area contributed by atoms with E-state index in [0.29, 0.717) is 29.6 Å². The molecule has 1 aromatic heterocycles. The number of fused-ring (bicyclic) bond motifs is 1. The van der Waals surface area contributed by atoms with Crippen molar-refractivity contribution in [3.05, 3.63) is 23.8 Å². The highest BCUT2D eigenvalue weighted by Crippen LogP contribution is 2.37. The lowest BCUT2D eigenvalue weighted by Crippen LogP contribution is -2.41. The summed E-state index contributed by atoms with van der Waals surface area (Å²) in [7, 11) is 0.732. The number of halogens is 1. The van der Waals surface area contributed by atoms with Gasteiger partial charge in [-0.1, -0.05) is 0 Å². The van der Waals surface area contributed by atoms with Gasteiger partial charge in [-0.15, -0.1) is 0 Å². The molecule has 2 fully saturated rings. The Kier molecular flexibility index (Phi) is 5.33. The largest absolute Gasteiger partial charge is 0.495 e. The molecule has 3 heterocycles. The van der Waals surface area contributed by atoms with E-state index in [2.05, 4.69) is 23.4 Å². The Bertz CT molecular complexity index is 1000. The van der Waals surface area contributed by atoms with E-state index < -0.39 is 24.1 Å². The number of hydrogen-bond donors (Lipinski definition) is 0. The summed E-state index contributed by atoms with van der Waals surface area (Å²) in [5, 5.41) is 0. The molecule has 9 heteroatoms. The van der Waals surface area contributed by atoms with Crippen LogP contribution in [0, 0.1) is 5.82 Å². The maximum atomic E-state index is 15.2. The molecule has 4 rings (SSSR count). The van der Waals surface area contributed by atoms with Crippen molar-refractivity contribution >= 4 is 29.7 Å². The van der Waals surface area contributed by atoms with Gasteiger partial charge in [0.2, 0.25) is 0 Å². The second-order valence-corrected chi connectivity index (χ2v) is 9.79. The summed E-state index contributed by atoms with van der Waals surface area (Å²) in [6, 6.07) is 3.45. The molecule has 0 N–H and O–H groups in total. The van der Waals surface area contributed by atoms with Crippen LogP contribution in [0.3, 0.4) is 0 Å². The standard InChI is InChI=1S/C22H31BFN3O4/c1-13(2)27-17-11-15(23-30-21(3,4)22(5,6)31-23)10-16(24)18(17)25-19(27)14-8-9-26(12-14)20(28)29-7/h10-11,13-14H,8-9,12H2,1-7H3/t14-/m1/s1. The lowest BCUT2D eigenvalue weighted by atomic mass is 9.79. The first-order valence-corrected chi connectivity index (χ1v) is 10.8. The number of aromatic nitrogens is 2. The third-order valence-corrected chi connectivity index (χ3v) is 6.83. The predicted molar refractivity (Wildman–Crippen MR) is 117 cm³/mol. The van der Waals surface area contributed by atoms with Crippen molar-refractivity contribution in [1.82, 2.24) is 14.5 Å². The van der Waals surface area contributed by atoms with Crippen molar-refractivity contribution in [3.8, 4) is 0 Å².